The van der Waals surface area contributed by atoms with Crippen molar-refractivity contribution in [3.05, 3.63) is 70.8 Å². The molecule has 1 atom stereocenters. The lowest BCUT2D eigenvalue weighted by Gasteiger charge is -2.35. The summed E-state index contributed by atoms with van der Waals surface area (Å²) in [6.45, 7) is 4.93. The van der Waals surface area contributed by atoms with E-state index in [0.717, 1.165) is 22.3 Å². The maximum Gasteiger partial charge on any atom is 0.247 e. The summed E-state index contributed by atoms with van der Waals surface area (Å²) in [5, 5.41) is 3.00. The van der Waals surface area contributed by atoms with E-state index in [2.05, 4.69) is 5.32 Å². The summed E-state index contributed by atoms with van der Waals surface area (Å²) >= 11 is 0. The molecule has 1 aliphatic heterocycles. The second kappa shape index (κ2) is 6.87. The Hall–Kier alpha value is -2.62. The third-order valence-electron chi connectivity index (χ3n) is 4.63. The van der Waals surface area contributed by atoms with Gasteiger partial charge in [-0.15, -0.1) is 0 Å². The standard InChI is InChI=1S/C20H22N2O2/c1-3-22-18(23)12-15-9-6-7-11-17(15)19(22)20(24)21-13-16-10-5-4-8-14(16)2/h4-11,19H,3,12-13H2,1-2H3,(H,21,24)/t19-/m0/s1. The molecule has 0 aliphatic carbocycles. The van der Waals surface area contributed by atoms with Gasteiger partial charge in [-0.2, -0.15) is 0 Å². The molecule has 1 aliphatic rings. The van der Waals surface area contributed by atoms with Crippen LogP contribution in [0.4, 0.5) is 0 Å². The van der Waals surface area contributed by atoms with Gasteiger partial charge >= 0.3 is 0 Å². The summed E-state index contributed by atoms with van der Waals surface area (Å²) in [7, 11) is 0. The number of hydrogen-bond donors (Lipinski definition) is 1. The van der Waals surface area contributed by atoms with E-state index >= 15 is 0 Å². The minimum Gasteiger partial charge on any atom is -0.350 e. The fraction of sp³-hybridized carbons (Fsp3) is 0.300. The molecule has 124 valence electrons. The summed E-state index contributed by atoms with van der Waals surface area (Å²) < 4.78 is 0. The van der Waals surface area contributed by atoms with Gasteiger partial charge < -0.3 is 10.2 Å². The Morgan fingerprint density at radius 1 is 1.17 bits per heavy atom. The Balaban J connectivity index is 1.84. The van der Waals surface area contributed by atoms with Gasteiger partial charge in [0.05, 0.1) is 6.42 Å². The van der Waals surface area contributed by atoms with Crippen LogP contribution in [-0.4, -0.2) is 23.3 Å². The Morgan fingerprint density at radius 3 is 2.62 bits per heavy atom. The number of amides is 2. The number of likely N-dealkylation sites (N-methyl/N-ethyl adjacent to an activating group) is 1. The van der Waals surface area contributed by atoms with E-state index in [4.69, 9.17) is 0 Å². The molecule has 2 aromatic carbocycles. The van der Waals surface area contributed by atoms with E-state index in [1.807, 2.05) is 62.4 Å². The van der Waals surface area contributed by atoms with Crippen LogP contribution in [0.5, 0.6) is 0 Å². The van der Waals surface area contributed by atoms with Crippen molar-refractivity contribution in [1.82, 2.24) is 10.2 Å². The summed E-state index contributed by atoms with van der Waals surface area (Å²) in [5.74, 6) is -0.118. The first kappa shape index (κ1) is 16.2. The van der Waals surface area contributed by atoms with E-state index in [1.165, 1.54) is 0 Å². The van der Waals surface area contributed by atoms with Crippen molar-refractivity contribution in [1.29, 1.82) is 0 Å². The first-order valence-corrected chi connectivity index (χ1v) is 8.31. The number of benzene rings is 2. The number of carbonyl (C=O) groups is 2. The third-order valence-corrected chi connectivity index (χ3v) is 4.63. The highest BCUT2D eigenvalue weighted by Gasteiger charge is 2.35. The number of aryl methyl sites for hydroxylation is 1. The zero-order valence-corrected chi connectivity index (χ0v) is 14.1. The summed E-state index contributed by atoms with van der Waals surface area (Å²) in [6.07, 6.45) is 0.367. The van der Waals surface area contributed by atoms with Gasteiger partial charge in [0.15, 0.2) is 0 Å². The van der Waals surface area contributed by atoms with E-state index < -0.39 is 6.04 Å². The lowest BCUT2D eigenvalue weighted by atomic mass is 9.91. The zero-order chi connectivity index (χ0) is 17.1. The van der Waals surface area contributed by atoms with Gasteiger partial charge in [-0.05, 0) is 36.1 Å². The molecule has 0 radical (unpaired) electrons. The summed E-state index contributed by atoms with van der Waals surface area (Å²) in [4.78, 5) is 26.9. The lowest BCUT2D eigenvalue weighted by Crippen LogP contribution is -2.47. The van der Waals surface area contributed by atoms with Crippen LogP contribution >= 0.6 is 0 Å². The van der Waals surface area contributed by atoms with Crippen LogP contribution in [0.15, 0.2) is 48.5 Å². The number of fused-ring (bicyclic) bond motifs is 1. The van der Waals surface area contributed by atoms with Crippen LogP contribution in [0.25, 0.3) is 0 Å². The molecule has 4 nitrogen and oxygen atoms in total. The van der Waals surface area contributed by atoms with Crippen LogP contribution in [0.3, 0.4) is 0 Å². The summed E-state index contributed by atoms with van der Waals surface area (Å²) in [5.41, 5.74) is 4.11. The molecule has 0 saturated carbocycles. The van der Waals surface area contributed by atoms with Gasteiger partial charge in [-0.3, -0.25) is 9.59 Å². The number of rotatable bonds is 4. The maximum atomic E-state index is 12.9. The molecular weight excluding hydrogens is 300 g/mol. The molecule has 3 rings (SSSR count). The van der Waals surface area contributed by atoms with Crippen LogP contribution in [-0.2, 0) is 22.6 Å². The largest absolute Gasteiger partial charge is 0.350 e. The average Bonchev–Trinajstić information content (AvgIpc) is 2.59. The van der Waals surface area contributed by atoms with Crippen LogP contribution in [0.2, 0.25) is 0 Å². The second-order valence-electron chi connectivity index (χ2n) is 6.10. The first-order valence-electron chi connectivity index (χ1n) is 8.31. The first-order chi connectivity index (χ1) is 11.6. The van der Waals surface area contributed by atoms with Gasteiger partial charge in [0, 0.05) is 13.1 Å². The second-order valence-corrected chi connectivity index (χ2v) is 6.10. The molecule has 4 heteroatoms. The fourth-order valence-electron chi connectivity index (χ4n) is 3.27. The summed E-state index contributed by atoms with van der Waals surface area (Å²) in [6, 6.07) is 15.1. The van der Waals surface area contributed by atoms with Crippen LogP contribution in [0, 0.1) is 6.92 Å². The SMILES string of the molecule is CCN1C(=O)Cc2ccccc2[C@H]1C(=O)NCc1ccccc1C. The monoisotopic (exact) mass is 322 g/mol. The van der Waals surface area contributed by atoms with Gasteiger partial charge in [-0.25, -0.2) is 0 Å². The highest BCUT2D eigenvalue weighted by molar-refractivity contribution is 5.92. The number of carbonyl (C=O) groups excluding carboxylic acids is 2. The van der Waals surface area contributed by atoms with Gasteiger partial charge in [0.25, 0.3) is 0 Å². The molecule has 0 aromatic heterocycles. The van der Waals surface area contributed by atoms with E-state index in [0.29, 0.717) is 19.5 Å². The highest BCUT2D eigenvalue weighted by atomic mass is 16.2. The molecule has 2 amide bonds. The van der Waals surface area contributed by atoms with E-state index in [9.17, 15) is 9.59 Å². The van der Waals surface area contributed by atoms with Gasteiger partial charge in [-0.1, -0.05) is 48.5 Å². The van der Waals surface area contributed by atoms with Crippen molar-refractivity contribution < 1.29 is 9.59 Å². The lowest BCUT2D eigenvalue weighted by molar-refractivity contribution is -0.141. The quantitative estimate of drug-likeness (QED) is 0.941. The van der Waals surface area contributed by atoms with Crippen molar-refractivity contribution >= 4 is 11.8 Å². The topological polar surface area (TPSA) is 49.4 Å². The Kier molecular flexibility index (Phi) is 4.65. The number of hydrogen-bond acceptors (Lipinski definition) is 2. The smallest absolute Gasteiger partial charge is 0.247 e. The predicted octanol–water partition coefficient (Wildman–Crippen LogP) is 2.76. The fourth-order valence-corrected chi connectivity index (χ4v) is 3.27. The normalized spacial score (nSPS) is 16.7. The Labute approximate surface area is 142 Å². The minimum atomic E-state index is -0.545. The van der Waals surface area contributed by atoms with E-state index in [-0.39, 0.29) is 11.8 Å². The van der Waals surface area contributed by atoms with Crippen LogP contribution in [0.1, 0.15) is 35.2 Å². The van der Waals surface area contributed by atoms with Crippen LogP contribution < -0.4 is 5.32 Å². The zero-order valence-electron chi connectivity index (χ0n) is 14.1. The molecule has 1 N–H and O–H groups in total. The maximum absolute atomic E-state index is 12.9. The third kappa shape index (κ3) is 3.04. The Bertz CT molecular complexity index is 770. The molecule has 0 spiro atoms. The molecule has 1 heterocycles. The van der Waals surface area contributed by atoms with Gasteiger partial charge in [0.2, 0.25) is 11.8 Å². The Morgan fingerprint density at radius 2 is 1.88 bits per heavy atom. The molecular formula is C20H22N2O2. The molecule has 2 aromatic rings. The highest BCUT2D eigenvalue weighted by Crippen LogP contribution is 2.30. The van der Waals surface area contributed by atoms with Crippen molar-refractivity contribution in [3.8, 4) is 0 Å². The molecule has 0 saturated heterocycles. The number of nitrogens with one attached hydrogen (secondary N) is 1. The van der Waals surface area contributed by atoms with Crippen molar-refractivity contribution in [2.45, 2.75) is 32.9 Å². The van der Waals surface area contributed by atoms with E-state index in [1.54, 1.807) is 4.90 Å². The molecule has 0 unspecified atom stereocenters. The van der Waals surface area contributed by atoms with Crippen molar-refractivity contribution in [2.24, 2.45) is 0 Å². The molecule has 24 heavy (non-hydrogen) atoms. The molecule has 0 bridgehead atoms. The predicted molar refractivity (Wildman–Crippen MR) is 93.3 cm³/mol. The van der Waals surface area contributed by atoms with Crippen molar-refractivity contribution in [2.75, 3.05) is 6.54 Å². The minimum absolute atomic E-state index is 0.00671. The number of nitrogens with zero attached hydrogens (tertiary/aromatic N) is 1. The molecule has 0 fully saturated rings. The van der Waals surface area contributed by atoms with Gasteiger partial charge in [0.1, 0.15) is 6.04 Å². The average molecular weight is 322 g/mol. The van der Waals surface area contributed by atoms with Crippen molar-refractivity contribution in [3.63, 3.8) is 0 Å².